The molecule has 5 N–H and O–H groups in total. The van der Waals surface area contributed by atoms with Gasteiger partial charge in [0.05, 0.1) is 37.1 Å². The maximum absolute atomic E-state index is 14.2. The Balaban J connectivity index is 1.22. The number of nitrogens with zero attached hydrogens (tertiary/aromatic N) is 1. The molecule has 1 aromatic heterocycles. The van der Waals surface area contributed by atoms with Crippen LogP contribution < -0.4 is 16.0 Å². The van der Waals surface area contributed by atoms with Crippen LogP contribution in [0.2, 0.25) is 0 Å². The van der Waals surface area contributed by atoms with Gasteiger partial charge in [-0.15, -0.1) is 0 Å². The molecule has 0 spiro atoms. The van der Waals surface area contributed by atoms with Crippen LogP contribution in [-0.4, -0.2) is 70.6 Å². The number of amides is 2. The number of hydrogen-bond donors (Lipinski definition) is 5. The molecule has 1 aliphatic heterocycles. The highest BCUT2D eigenvalue weighted by molar-refractivity contribution is 6.06. The van der Waals surface area contributed by atoms with Gasteiger partial charge >= 0.3 is 5.97 Å². The SMILES string of the molecule is O=C(O)/C=C/c1ccc(NC(=O)C2(NC(=O)c3ccc4c(C5CCCCC5)c(-c5ccccc5)n(C(O)NCC5COCCO5)c4c3)CCCC2)cc1. The second-order valence-electron chi connectivity index (χ2n) is 14.4. The Hall–Kier alpha value is -4.81. The number of rotatable bonds is 12. The zero-order valence-electron chi connectivity index (χ0n) is 29.9. The molecule has 2 heterocycles. The largest absolute Gasteiger partial charge is 0.478 e. The molecule has 3 fully saturated rings. The first-order valence-corrected chi connectivity index (χ1v) is 18.8. The van der Waals surface area contributed by atoms with E-state index in [0.29, 0.717) is 61.9 Å². The highest BCUT2D eigenvalue weighted by Gasteiger charge is 2.43. The van der Waals surface area contributed by atoms with Gasteiger partial charge in [0.1, 0.15) is 5.54 Å². The molecule has 4 aromatic rings. The molecule has 11 heteroatoms. The first-order chi connectivity index (χ1) is 25.8. The van der Waals surface area contributed by atoms with Crippen molar-refractivity contribution in [2.75, 3.05) is 31.7 Å². The third-order valence-electron chi connectivity index (χ3n) is 10.9. The van der Waals surface area contributed by atoms with Gasteiger partial charge in [-0.2, -0.15) is 0 Å². The monoisotopic (exact) mass is 720 g/mol. The second kappa shape index (κ2) is 16.5. The fourth-order valence-corrected chi connectivity index (χ4v) is 8.18. The Bertz CT molecular complexity index is 1940. The molecule has 2 aliphatic carbocycles. The summed E-state index contributed by atoms with van der Waals surface area (Å²) in [7, 11) is 0. The number of aliphatic hydroxyl groups is 1. The molecule has 278 valence electrons. The van der Waals surface area contributed by atoms with E-state index in [2.05, 4.69) is 28.1 Å². The number of anilines is 1. The van der Waals surface area contributed by atoms with Crippen LogP contribution >= 0.6 is 0 Å². The number of carbonyl (C=O) groups is 3. The van der Waals surface area contributed by atoms with Crippen LogP contribution in [0.4, 0.5) is 5.69 Å². The molecule has 2 amide bonds. The summed E-state index contributed by atoms with van der Waals surface area (Å²) in [5.74, 6) is -1.39. The minimum Gasteiger partial charge on any atom is -0.478 e. The van der Waals surface area contributed by atoms with Gasteiger partial charge in [0, 0.05) is 29.3 Å². The van der Waals surface area contributed by atoms with Crippen LogP contribution in [0.5, 0.6) is 0 Å². The van der Waals surface area contributed by atoms with Crippen LogP contribution in [0, 0.1) is 0 Å². The Morgan fingerprint density at radius 1 is 0.925 bits per heavy atom. The molecule has 2 unspecified atom stereocenters. The van der Waals surface area contributed by atoms with Crippen molar-refractivity contribution in [2.45, 2.75) is 81.7 Å². The smallest absolute Gasteiger partial charge is 0.328 e. The molecule has 0 radical (unpaired) electrons. The van der Waals surface area contributed by atoms with Crippen molar-refractivity contribution in [3.05, 3.63) is 95.6 Å². The molecule has 11 nitrogen and oxygen atoms in total. The van der Waals surface area contributed by atoms with Crippen molar-refractivity contribution in [3.63, 3.8) is 0 Å². The molecule has 0 bridgehead atoms. The molecule has 2 atom stereocenters. The standard InChI is InChI=1S/C42H48N4O7/c47-36(48)20-15-28-13-17-32(18-14-28)44-40(50)42(21-7-8-22-42)45-39(49)31-16-19-34-35(25-31)46(41(51)43-26-33-27-52-23-24-53-33)38(30-11-5-2-6-12-30)37(34)29-9-3-1-4-10-29/h2,5-6,11-20,25,29,33,41,43,51H,1,3-4,7-10,21-24,26-27H2,(H,44,50)(H,45,49)(H,47,48)/b20-15+. The van der Waals surface area contributed by atoms with Crippen molar-refractivity contribution in [3.8, 4) is 11.3 Å². The number of benzene rings is 3. The summed E-state index contributed by atoms with van der Waals surface area (Å²) >= 11 is 0. The van der Waals surface area contributed by atoms with E-state index in [-0.39, 0.29) is 17.9 Å². The minimum atomic E-state index is -1.12. The average Bonchev–Trinajstić information content (AvgIpc) is 3.81. The summed E-state index contributed by atoms with van der Waals surface area (Å²) in [6, 6.07) is 22.7. The van der Waals surface area contributed by atoms with E-state index in [0.717, 1.165) is 66.8 Å². The van der Waals surface area contributed by atoms with Crippen molar-refractivity contribution < 1.29 is 34.1 Å². The summed E-state index contributed by atoms with van der Waals surface area (Å²) in [6.45, 7) is 1.89. The molecule has 1 saturated heterocycles. The lowest BCUT2D eigenvalue weighted by Gasteiger charge is -2.29. The molecule has 3 aromatic carbocycles. The van der Waals surface area contributed by atoms with Crippen LogP contribution in [0.15, 0.2) is 78.9 Å². The summed E-state index contributed by atoms with van der Waals surface area (Å²) in [5.41, 5.74) is 4.39. The normalized spacial score (nSPS) is 19.7. The number of aliphatic hydroxyl groups excluding tert-OH is 1. The number of fused-ring (bicyclic) bond motifs is 1. The second-order valence-corrected chi connectivity index (χ2v) is 14.4. The van der Waals surface area contributed by atoms with Gasteiger partial charge in [0.2, 0.25) is 5.91 Å². The quantitative estimate of drug-likeness (QED) is 0.0813. The Labute approximate surface area is 309 Å². The van der Waals surface area contributed by atoms with E-state index >= 15 is 0 Å². The number of carbonyl (C=O) groups excluding carboxylic acids is 2. The highest BCUT2D eigenvalue weighted by Crippen LogP contribution is 2.45. The van der Waals surface area contributed by atoms with Crippen molar-refractivity contribution in [1.29, 1.82) is 0 Å². The van der Waals surface area contributed by atoms with Crippen LogP contribution in [0.1, 0.15) is 91.5 Å². The Kier molecular flexibility index (Phi) is 11.4. The zero-order valence-corrected chi connectivity index (χ0v) is 29.9. The summed E-state index contributed by atoms with van der Waals surface area (Å²) < 4.78 is 13.4. The zero-order chi connectivity index (χ0) is 36.8. The number of aromatic nitrogens is 1. The maximum Gasteiger partial charge on any atom is 0.328 e. The van der Waals surface area contributed by atoms with Gasteiger partial charge in [-0.05, 0) is 78.6 Å². The number of hydrogen-bond acceptors (Lipinski definition) is 7. The van der Waals surface area contributed by atoms with Crippen LogP contribution in [-0.2, 0) is 19.1 Å². The number of aliphatic carboxylic acids is 1. The number of nitrogens with one attached hydrogen (secondary N) is 3. The first-order valence-electron chi connectivity index (χ1n) is 18.8. The average molecular weight is 721 g/mol. The van der Waals surface area contributed by atoms with Crippen LogP contribution in [0.3, 0.4) is 0 Å². The lowest BCUT2D eigenvalue weighted by Crippen LogP contribution is -2.55. The summed E-state index contributed by atoms with van der Waals surface area (Å²) in [6.07, 6.45) is 9.42. The third kappa shape index (κ3) is 8.23. The maximum atomic E-state index is 14.2. The van der Waals surface area contributed by atoms with Gasteiger partial charge in [-0.1, -0.05) is 80.6 Å². The van der Waals surface area contributed by atoms with Gasteiger partial charge in [0.25, 0.3) is 5.91 Å². The van der Waals surface area contributed by atoms with E-state index in [1.165, 1.54) is 18.1 Å². The van der Waals surface area contributed by atoms with Crippen LogP contribution in [0.25, 0.3) is 28.2 Å². The lowest BCUT2D eigenvalue weighted by atomic mass is 9.81. The predicted molar refractivity (Wildman–Crippen MR) is 203 cm³/mol. The minimum absolute atomic E-state index is 0.194. The van der Waals surface area contributed by atoms with Crippen molar-refractivity contribution in [2.24, 2.45) is 0 Å². The van der Waals surface area contributed by atoms with E-state index < -0.39 is 17.9 Å². The van der Waals surface area contributed by atoms with Crippen molar-refractivity contribution >= 4 is 40.4 Å². The fraction of sp³-hybridized carbons (Fsp3) is 0.405. The predicted octanol–water partition coefficient (Wildman–Crippen LogP) is 6.59. The first kappa shape index (κ1) is 36.5. The molecular formula is C42H48N4O7. The van der Waals surface area contributed by atoms with E-state index in [1.807, 2.05) is 41.0 Å². The third-order valence-corrected chi connectivity index (χ3v) is 10.9. The topological polar surface area (TPSA) is 151 Å². The molecule has 7 rings (SSSR count). The highest BCUT2D eigenvalue weighted by atomic mass is 16.6. The molecular weight excluding hydrogens is 672 g/mol. The van der Waals surface area contributed by atoms with Crippen molar-refractivity contribution in [1.82, 2.24) is 15.2 Å². The lowest BCUT2D eigenvalue weighted by molar-refractivity contribution is -0.131. The summed E-state index contributed by atoms with van der Waals surface area (Å²) in [4.78, 5) is 38.9. The van der Waals surface area contributed by atoms with E-state index in [4.69, 9.17) is 14.6 Å². The van der Waals surface area contributed by atoms with Gasteiger partial charge in [-0.3, -0.25) is 14.9 Å². The van der Waals surface area contributed by atoms with E-state index in [1.54, 1.807) is 24.3 Å². The summed E-state index contributed by atoms with van der Waals surface area (Å²) in [5, 5.41) is 31.3. The van der Waals surface area contributed by atoms with Gasteiger partial charge < -0.3 is 34.9 Å². The number of carboxylic acid groups (broad SMARTS) is 1. The van der Waals surface area contributed by atoms with E-state index in [9.17, 15) is 19.5 Å². The molecule has 3 aliphatic rings. The molecule has 2 saturated carbocycles. The van der Waals surface area contributed by atoms with Gasteiger partial charge in [0.15, 0.2) is 6.35 Å². The number of carboxylic acids is 1. The Morgan fingerprint density at radius 3 is 2.38 bits per heavy atom. The van der Waals surface area contributed by atoms with Gasteiger partial charge in [-0.25, -0.2) is 4.79 Å². The number of ether oxygens (including phenoxy) is 2. The Morgan fingerprint density at radius 2 is 1.68 bits per heavy atom. The fourth-order valence-electron chi connectivity index (χ4n) is 8.18. The molecule has 53 heavy (non-hydrogen) atoms.